The molecule has 4 rings (SSSR count). The zero-order valence-corrected chi connectivity index (χ0v) is 19.7. The number of thiazole rings is 1. The number of halogens is 5. The number of aromatic nitrogens is 4. The van der Waals surface area contributed by atoms with E-state index in [1.165, 1.54) is 13.0 Å². The highest BCUT2D eigenvalue weighted by Gasteiger charge is 2.33. The first-order chi connectivity index (χ1) is 17.0. The van der Waals surface area contributed by atoms with Crippen molar-refractivity contribution in [1.82, 2.24) is 20.1 Å². The Kier molecular flexibility index (Phi) is 7.05. The summed E-state index contributed by atoms with van der Waals surface area (Å²) in [7, 11) is 0. The van der Waals surface area contributed by atoms with Crippen LogP contribution in [-0.4, -0.2) is 32.6 Å². The van der Waals surface area contributed by atoms with Gasteiger partial charge in [0.15, 0.2) is 5.82 Å². The number of rotatable bonds is 8. The molecule has 1 atom stereocenters. The molecule has 4 aromatic rings. The van der Waals surface area contributed by atoms with Gasteiger partial charge in [0, 0.05) is 23.7 Å². The molecule has 0 radical (unpaired) electrons. The van der Waals surface area contributed by atoms with Gasteiger partial charge in [-0.05, 0) is 24.6 Å². The average molecular weight is 526 g/mol. The van der Waals surface area contributed by atoms with Crippen molar-refractivity contribution >= 4 is 11.3 Å². The second-order valence-corrected chi connectivity index (χ2v) is 8.90. The summed E-state index contributed by atoms with van der Waals surface area (Å²) in [6, 6.07) is 8.62. The number of aromatic amines is 1. The number of benzene rings is 1. The molecule has 0 bridgehead atoms. The van der Waals surface area contributed by atoms with Crippen molar-refractivity contribution in [1.29, 1.82) is 0 Å². The highest BCUT2D eigenvalue weighted by Crippen LogP contribution is 2.38. The van der Waals surface area contributed by atoms with Gasteiger partial charge >= 0.3 is 11.9 Å². The Labute approximate surface area is 205 Å². The Balaban J connectivity index is 1.68. The van der Waals surface area contributed by atoms with Gasteiger partial charge in [-0.15, -0.1) is 11.3 Å². The van der Waals surface area contributed by atoms with Gasteiger partial charge in [-0.25, -0.2) is 18.6 Å². The van der Waals surface area contributed by atoms with Crippen LogP contribution >= 0.6 is 11.3 Å². The Morgan fingerprint density at radius 3 is 2.33 bits per heavy atom. The molecule has 13 heteroatoms. The van der Waals surface area contributed by atoms with Crippen LogP contribution in [0.1, 0.15) is 41.3 Å². The normalized spacial score (nSPS) is 13.2. The molecule has 0 aliphatic carbocycles. The first-order valence-electron chi connectivity index (χ1n) is 10.6. The van der Waals surface area contributed by atoms with Crippen LogP contribution in [0.2, 0.25) is 0 Å². The second-order valence-electron chi connectivity index (χ2n) is 7.86. The van der Waals surface area contributed by atoms with E-state index in [1.54, 1.807) is 31.2 Å². The first-order valence-corrected chi connectivity index (χ1v) is 11.4. The van der Waals surface area contributed by atoms with Crippen molar-refractivity contribution < 1.29 is 31.2 Å². The van der Waals surface area contributed by atoms with Gasteiger partial charge in [0.05, 0.1) is 10.6 Å². The molecule has 0 fully saturated rings. The lowest BCUT2D eigenvalue weighted by Crippen LogP contribution is -2.24. The lowest BCUT2D eigenvalue weighted by atomic mass is 10.0. The van der Waals surface area contributed by atoms with Crippen LogP contribution in [0.25, 0.3) is 22.0 Å². The molecule has 1 N–H and O–H groups in total. The van der Waals surface area contributed by atoms with Crippen LogP contribution in [0.15, 0.2) is 51.9 Å². The SMILES string of the molecule is CCC(F)(F)COC(c1ccc(-c2noc(=O)[nH]2)cc1)c1sc(-c2ccc(C(F)(F)F)nc2)nc1C. The number of nitrogens with one attached hydrogen (secondary N) is 1. The van der Waals surface area contributed by atoms with E-state index in [2.05, 4.69) is 24.6 Å². The Morgan fingerprint density at radius 1 is 1.08 bits per heavy atom. The maximum atomic E-state index is 14.0. The van der Waals surface area contributed by atoms with Gasteiger partial charge in [0.1, 0.15) is 23.4 Å². The Morgan fingerprint density at radius 2 is 1.78 bits per heavy atom. The molecule has 190 valence electrons. The average Bonchev–Trinajstić information content (AvgIpc) is 3.45. The highest BCUT2D eigenvalue weighted by atomic mass is 32.1. The number of hydrogen-bond donors (Lipinski definition) is 1. The van der Waals surface area contributed by atoms with E-state index in [0.29, 0.717) is 32.3 Å². The third kappa shape index (κ3) is 5.68. The molecule has 0 saturated carbocycles. The van der Waals surface area contributed by atoms with Gasteiger partial charge in [-0.3, -0.25) is 14.5 Å². The van der Waals surface area contributed by atoms with Crippen LogP contribution < -0.4 is 5.76 Å². The van der Waals surface area contributed by atoms with Gasteiger partial charge in [0.2, 0.25) is 0 Å². The van der Waals surface area contributed by atoms with Crippen molar-refractivity contribution in [2.45, 2.75) is 38.5 Å². The third-order valence-electron chi connectivity index (χ3n) is 5.28. The lowest BCUT2D eigenvalue weighted by molar-refractivity contribution is -0.141. The maximum Gasteiger partial charge on any atom is 0.439 e. The lowest BCUT2D eigenvalue weighted by Gasteiger charge is -2.21. The molecule has 0 amide bonds. The number of alkyl halides is 5. The number of hydrogen-bond acceptors (Lipinski definition) is 7. The van der Waals surface area contributed by atoms with Gasteiger partial charge < -0.3 is 4.74 Å². The molecular formula is C23H19F5N4O3S. The zero-order chi connectivity index (χ0) is 26.1. The molecule has 0 saturated heterocycles. The van der Waals surface area contributed by atoms with Crippen LogP contribution in [0.5, 0.6) is 0 Å². The topological polar surface area (TPSA) is 93.9 Å². The quantitative estimate of drug-likeness (QED) is 0.282. The number of ether oxygens (including phenoxy) is 1. The van der Waals surface area contributed by atoms with Crippen LogP contribution in [0.4, 0.5) is 22.0 Å². The van der Waals surface area contributed by atoms with Gasteiger partial charge in [0.25, 0.3) is 5.92 Å². The van der Waals surface area contributed by atoms with Crippen molar-refractivity contribution in [3.63, 3.8) is 0 Å². The summed E-state index contributed by atoms with van der Waals surface area (Å²) >= 11 is 1.11. The molecular weight excluding hydrogens is 507 g/mol. The molecule has 1 aromatic carbocycles. The summed E-state index contributed by atoms with van der Waals surface area (Å²) in [4.78, 5) is 22.0. The predicted molar refractivity (Wildman–Crippen MR) is 121 cm³/mol. The van der Waals surface area contributed by atoms with Crippen LogP contribution in [-0.2, 0) is 10.9 Å². The maximum absolute atomic E-state index is 14.0. The summed E-state index contributed by atoms with van der Waals surface area (Å²) in [5, 5.41) is 3.98. The highest BCUT2D eigenvalue weighted by molar-refractivity contribution is 7.15. The van der Waals surface area contributed by atoms with Gasteiger partial charge in [-0.2, -0.15) is 13.2 Å². The summed E-state index contributed by atoms with van der Waals surface area (Å²) in [5.41, 5.74) is 0.853. The summed E-state index contributed by atoms with van der Waals surface area (Å²) in [5.74, 6) is -3.58. The minimum atomic E-state index is -4.57. The zero-order valence-electron chi connectivity index (χ0n) is 18.9. The third-order valence-corrected chi connectivity index (χ3v) is 6.53. The monoisotopic (exact) mass is 526 g/mol. The van der Waals surface area contributed by atoms with E-state index in [9.17, 15) is 26.7 Å². The molecule has 0 aliphatic heterocycles. The standard InChI is InChI=1S/C23H19F5N4O3S/c1-3-22(24,25)11-34-17(13-4-6-14(7-5-13)19-31-21(33)35-32-19)18-12(2)30-20(36-18)15-8-9-16(29-10-15)23(26,27)28/h4-10,17H,3,11H2,1-2H3,(H,31,32,33). The fourth-order valence-electron chi connectivity index (χ4n) is 3.26. The van der Waals surface area contributed by atoms with E-state index in [-0.39, 0.29) is 5.82 Å². The summed E-state index contributed by atoms with van der Waals surface area (Å²) < 4.78 is 76.8. The molecule has 3 aromatic heterocycles. The molecule has 0 spiro atoms. The summed E-state index contributed by atoms with van der Waals surface area (Å²) in [6.45, 7) is 2.16. The molecule has 1 unspecified atom stereocenters. The molecule has 36 heavy (non-hydrogen) atoms. The molecule has 0 aliphatic rings. The van der Waals surface area contributed by atoms with E-state index in [4.69, 9.17) is 4.74 Å². The molecule has 7 nitrogen and oxygen atoms in total. The number of pyridine rings is 1. The Hall–Kier alpha value is -3.45. The predicted octanol–water partition coefficient (Wildman–Crippen LogP) is 6.03. The largest absolute Gasteiger partial charge is 0.439 e. The van der Waals surface area contributed by atoms with Crippen LogP contribution in [0, 0.1) is 6.92 Å². The minimum absolute atomic E-state index is 0.201. The van der Waals surface area contributed by atoms with E-state index >= 15 is 0 Å². The van der Waals surface area contributed by atoms with E-state index < -0.39 is 42.7 Å². The minimum Gasteiger partial charge on any atom is -0.362 e. The fraction of sp³-hybridized carbons (Fsp3) is 0.304. The van der Waals surface area contributed by atoms with Gasteiger partial charge in [-0.1, -0.05) is 36.3 Å². The first kappa shape index (κ1) is 25.6. The number of nitrogens with zero attached hydrogens (tertiary/aromatic N) is 3. The van der Waals surface area contributed by atoms with E-state index in [0.717, 1.165) is 23.6 Å². The van der Waals surface area contributed by atoms with Crippen molar-refractivity contribution in [2.75, 3.05) is 6.61 Å². The van der Waals surface area contributed by atoms with Crippen LogP contribution in [0.3, 0.4) is 0 Å². The smallest absolute Gasteiger partial charge is 0.362 e. The summed E-state index contributed by atoms with van der Waals surface area (Å²) in [6.07, 6.45) is -4.85. The van der Waals surface area contributed by atoms with Crippen molar-refractivity contribution in [2.24, 2.45) is 0 Å². The van der Waals surface area contributed by atoms with E-state index in [1.807, 2.05) is 0 Å². The van der Waals surface area contributed by atoms with Crippen molar-refractivity contribution in [3.05, 3.63) is 75.0 Å². The number of aryl methyl sites for hydroxylation is 1. The Bertz CT molecular complexity index is 1380. The fourth-order valence-corrected chi connectivity index (χ4v) is 4.40. The second kappa shape index (κ2) is 9.90. The molecule has 3 heterocycles. The number of H-pyrrole nitrogens is 1. The van der Waals surface area contributed by atoms with Crippen molar-refractivity contribution in [3.8, 4) is 22.0 Å².